The van der Waals surface area contributed by atoms with E-state index in [9.17, 15) is 9.59 Å². The molecule has 0 aromatic heterocycles. The third kappa shape index (κ3) is 3.25. The molecule has 2 aliphatic heterocycles. The van der Waals surface area contributed by atoms with Gasteiger partial charge in [0.1, 0.15) is 0 Å². The van der Waals surface area contributed by atoms with Crippen LogP contribution in [0.5, 0.6) is 0 Å². The second kappa shape index (κ2) is 6.83. The second-order valence-corrected chi connectivity index (χ2v) is 7.10. The molecule has 1 aromatic carbocycles. The topological polar surface area (TPSA) is 52.7 Å². The van der Waals surface area contributed by atoms with Gasteiger partial charge in [-0.05, 0) is 49.8 Å². The lowest BCUT2D eigenvalue weighted by Crippen LogP contribution is -2.51. The van der Waals surface area contributed by atoms with Gasteiger partial charge in [-0.25, -0.2) is 4.79 Å². The van der Waals surface area contributed by atoms with Gasteiger partial charge in [0.25, 0.3) is 0 Å². The summed E-state index contributed by atoms with van der Waals surface area (Å²) in [5.74, 6) is 0.162. The standard InChI is InChI=1S/C19H27N3O2/c1-13-6-4-7-16(14(13)2)17-8-5-11-22(17)19(24)20-15-9-10-18(23)21(3)12-15/h4,6-7,15,17H,5,8-12H2,1-3H3,(H,20,24)/t15-,17-/m1/s1. The number of nitrogens with zero attached hydrogens (tertiary/aromatic N) is 2. The minimum atomic E-state index is 0.00570. The lowest BCUT2D eigenvalue weighted by Gasteiger charge is -2.33. The van der Waals surface area contributed by atoms with Gasteiger partial charge in [-0.3, -0.25) is 4.79 Å². The van der Waals surface area contributed by atoms with Crippen molar-refractivity contribution < 1.29 is 9.59 Å². The van der Waals surface area contributed by atoms with Crippen molar-refractivity contribution in [3.8, 4) is 0 Å². The van der Waals surface area contributed by atoms with E-state index >= 15 is 0 Å². The van der Waals surface area contributed by atoms with Crippen LogP contribution in [-0.4, -0.2) is 47.9 Å². The number of likely N-dealkylation sites (tertiary alicyclic amines) is 2. The van der Waals surface area contributed by atoms with Gasteiger partial charge >= 0.3 is 6.03 Å². The van der Waals surface area contributed by atoms with E-state index in [4.69, 9.17) is 0 Å². The first-order valence-electron chi connectivity index (χ1n) is 8.84. The van der Waals surface area contributed by atoms with Crippen LogP contribution >= 0.6 is 0 Å². The highest BCUT2D eigenvalue weighted by molar-refractivity contribution is 5.78. The molecule has 2 aliphatic rings. The summed E-state index contributed by atoms with van der Waals surface area (Å²) in [6, 6.07) is 6.56. The summed E-state index contributed by atoms with van der Waals surface area (Å²) < 4.78 is 0. The smallest absolute Gasteiger partial charge is 0.318 e. The molecule has 0 unspecified atom stereocenters. The maximum absolute atomic E-state index is 12.8. The number of piperidine rings is 1. The highest BCUT2D eigenvalue weighted by atomic mass is 16.2. The zero-order chi connectivity index (χ0) is 17.3. The molecule has 24 heavy (non-hydrogen) atoms. The molecule has 2 saturated heterocycles. The third-order valence-corrected chi connectivity index (χ3v) is 5.47. The summed E-state index contributed by atoms with van der Waals surface area (Å²) >= 11 is 0. The quantitative estimate of drug-likeness (QED) is 0.907. The summed E-state index contributed by atoms with van der Waals surface area (Å²) in [7, 11) is 1.80. The Balaban J connectivity index is 1.70. The van der Waals surface area contributed by atoms with Crippen molar-refractivity contribution in [1.82, 2.24) is 15.1 Å². The molecule has 2 fully saturated rings. The fourth-order valence-electron chi connectivity index (χ4n) is 3.86. The first-order chi connectivity index (χ1) is 11.5. The van der Waals surface area contributed by atoms with Crippen molar-refractivity contribution in [3.05, 3.63) is 34.9 Å². The Morgan fingerprint density at radius 3 is 2.79 bits per heavy atom. The van der Waals surface area contributed by atoms with Crippen LogP contribution in [0.2, 0.25) is 0 Å². The van der Waals surface area contributed by atoms with Crippen molar-refractivity contribution in [1.29, 1.82) is 0 Å². The lowest BCUT2D eigenvalue weighted by atomic mass is 9.96. The van der Waals surface area contributed by atoms with E-state index in [1.165, 1.54) is 16.7 Å². The van der Waals surface area contributed by atoms with Gasteiger partial charge in [0.15, 0.2) is 0 Å². The molecule has 1 N–H and O–H groups in total. The third-order valence-electron chi connectivity index (χ3n) is 5.47. The Bertz CT molecular complexity index is 643. The predicted octanol–water partition coefficient (Wildman–Crippen LogP) is 2.77. The summed E-state index contributed by atoms with van der Waals surface area (Å²) in [4.78, 5) is 28.1. The number of benzene rings is 1. The minimum absolute atomic E-state index is 0.00570. The summed E-state index contributed by atoms with van der Waals surface area (Å²) in [6.07, 6.45) is 3.30. The van der Waals surface area contributed by atoms with E-state index in [2.05, 4.69) is 37.4 Å². The van der Waals surface area contributed by atoms with Crippen molar-refractivity contribution in [3.63, 3.8) is 0 Å². The Hall–Kier alpha value is -2.04. The van der Waals surface area contributed by atoms with E-state index in [0.717, 1.165) is 25.8 Å². The maximum atomic E-state index is 12.8. The Morgan fingerprint density at radius 2 is 2.04 bits per heavy atom. The number of likely N-dealkylation sites (N-methyl/N-ethyl adjacent to an activating group) is 1. The molecule has 0 spiro atoms. The molecular formula is C19H27N3O2. The Kier molecular flexibility index (Phi) is 4.78. The van der Waals surface area contributed by atoms with Crippen LogP contribution in [0.3, 0.4) is 0 Å². The molecule has 0 saturated carbocycles. The van der Waals surface area contributed by atoms with E-state index < -0.39 is 0 Å². The molecule has 130 valence electrons. The average Bonchev–Trinajstić information content (AvgIpc) is 3.03. The average molecular weight is 329 g/mol. The second-order valence-electron chi connectivity index (χ2n) is 7.10. The first kappa shape index (κ1) is 16.8. The van der Waals surface area contributed by atoms with Crippen LogP contribution < -0.4 is 5.32 Å². The van der Waals surface area contributed by atoms with E-state index in [-0.39, 0.29) is 24.0 Å². The van der Waals surface area contributed by atoms with Crippen LogP contribution in [-0.2, 0) is 4.79 Å². The fourth-order valence-corrected chi connectivity index (χ4v) is 3.86. The number of hydrogen-bond donors (Lipinski definition) is 1. The zero-order valence-electron chi connectivity index (χ0n) is 14.8. The van der Waals surface area contributed by atoms with Crippen LogP contribution in [0.4, 0.5) is 4.79 Å². The minimum Gasteiger partial charge on any atom is -0.344 e. The molecule has 0 bridgehead atoms. The monoisotopic (exact) mass is 329 g/mol. The molecule has 3 amide bonds. The van der Waals surface area contributed by atoms with Crippen LogP contribution in [0, 0.1) is 13.8 Å². The number of carbonyl (C=O) groups excluding carboxylic acids is 2. The molecule has 2 heterocycles. The number of hydrogen-bond acceptors (Lipinski definition) is 2. The first-order valence-corrected chi connectivity index (χ1v) is 8.84. The SMILES string of the molecule is Cc1cccc([C@H]2CCCN2C(=O)N[C@@H]2CCC(=O)N(C)C2)c1C. The summed E-state index contributed by atoms with van der Waals surface area (Å²) in [6.45, 7) is 5.66. The summed E-state index contributed by atoms with van der Waals surface area (Å²) in [5, 5.41) is 3.14. The fraction of sp³-hybridized carbons (Fsp3) is 0.579. The van der Waals surface area contributed by atoms with Crippen molar-refractivity contribution in [2.45, 2.75) is 51.6 Å². The van der Waals surface area contributed by atoms with E-state index in [0.29, 0.717) is 13.0 Å². The molecule has 5 heteroatoms. The van der Waals surface area contributed by atoms with Crippen LogP contribution in [0.25, 0.3) is 0 Å². The normalized spacial score (nSPS) is 24.4. The van der Waals surface area contributed by atoms with Crippen molar-refractivity contribution in [2.24, 2.45) is 0 Å². The number of amides is 3. The van der Waals surface area contributed by atoms with Gasteiger partial charge < -0.3 is 15.1 Å². The molecule has 0 radical (unpaired) electrons. The molecular weight excluding hydrogens is 302 g/mol. The largest absolute Gasteiger partial charge is 0.344 e. The number of carbonyl (C=O) groups is 2. The van der Waals surface area contributed by atoms with Crippen LogP contribution in [0.15, 0.2) is 18.2 Å². The predicted molar refractivity (Wildman–Crippen MR) is 93.8 cm³/mol. The summed E-state index contributed by atoms with van der Waals surface area (Å²) in [5.41, 5.74) is 3.82. The number of urea groups is 1. The molecule has 5 nitrogen and oxygen atoms in total. The number of nitrogens with one attached hydrogen (secondary N) is 1. The Labute approximate surface area is 144 Å². The molecule has 0 aliphatic carbocycles. The van der Waals surface area contributed by atoms with E-state index in [1.807, 2.05) is 4.90 Å². The van der Waals surface area contributed by atoms with Gasteiger partial charge in [0.05, 0.1) is 6.04 Å². The molecule has 2 atom stereocenters. The molecule has 1 aromatic rings. The zero-order valence-corrected chi connectivity index (χ0v) is 14.8. The number of aryl methyl sites for hydroxylation is 1. The van der Waals surface area contributed by atoms with Crippen LogP contribution in [0.1, 0.15) is 48.4 Å². The van der Waals surface area contributed by atoms with Crippen molar-refractivity contribution >= 4 is 11.9 Å². The van der Waals surface area contributed by atoms with Gasteiger partial charge in [-0.15, -0.1) is 0 Å². The van der Waals surface area contributed by atoms with Gasteiger partial charge in [-0.2, -0.15) is 0 Å². The van der Waals surface area contributed by atoms with Gasteiger partial charge in [-0.1, -0.05) is 18.2 Å². The molecule has 3 rings (SSSR count). The highest BCUT2D eigenvalue weighted by Crippen LogP contribution is 2.34. The lowest BCUT2D eigenvalue weighted by molar-refractivity contribution is -0.132. The maximum Gasteiger partial charge on any atom is 0.318 e. The highest BCUT2D eigenvalue weighted by Gasteiger charge is 2.33. The van der Waals surface area contributed by atoms with Crippen molar-refractivity contribution in [2.75, 3.05) is 20.1 Å². The number of rotatable bonds is 2. The van der Waals surface area contributed by atoms with Gasteiger partial charge in [0, 0.05) is 32.6 Å². The Morgan fingerprint density at radius 1 is 1.25 bits per heavy atom. The van der Waals surface area contributed by atoms with E-state index in [1.54, 1.807) is 11.9 Å². The van der Waals surface area contributed by atoms with Gasteiger partial charge in [0.2, 0.25) is 5.91 Å².